The van der Waals surface area contributed by atoms with Crippen LogP contribution in [0.3, 0.4) is 0 Å². The molecule has 1 aliphatic heterocycles. The minimum absolute atomic E-state index is 0.192. The first-order valence-electron chi connectivity index (χ1n) is 8.96. The van der Waals surface area contributed by atoms with E-state index in [1.165, 1.54) is 5.56 Å². The molecule has 2 aromatic carbocycles. The van der Waals surface area contributed by atoms with Crippen LogP contribution in [0.2, 0.25) is 0 Å². The minimum Gasteiger partial charge on any atom is -0.489 e. The van der Waals surface area contributed by atoms with Crippen LogP contribution in [0, 0.1) is 11.3 Å². The van der Waals surface area contributed by atoms with Crippen molar-refractivity contribution < 1.29 is 4.74 Å². The first-order chi connectivity index (χ1) is 12.6. The van der Waals surface area contributed by atoms with Crippen molar-refractivity contribution in [2.24, 2.45) is 0 Å². The van der Waals surface area contributed by atoms with Crippen LogP contribution in [0.4, 0.5) is 0 Å². The Kier molecular flexibility index (Phi) is 5.93. The fourth-order valence-corrected chi connectivity index (χ4v) is 3.15. The van der Waals surface area contributed by atoms with E-state index in [4.69, 9.17) is 4.74 Å². The fraction of sp³-hybridized carbons (Fsp3) is 0.318. The highest BCUT2D eigenvalue weighted by Gasteiger charge is 2.24. The van der Waals surface area contributed by atoms with Gasteiger partial charge < -0.3 is 9.64 Å². The molecular weight excluding hydrogens is 322 g/mol. The number of ether oxygens (including phenoxy) is 1. The van der Waals surface area contributed by atoms with Gasteiger partial charge in [0.2, 0.25) is 0 Å². The average molecular weight is 347 g/mol. The smallest absolute Gasteiger partial charge is 0.120 e. The maximum absolute atomic E-state index is 9.29. The third-order valence-corrected chi connectivity index (χ3v) is 4.48. The van der Waals surface area contributed by atoms with Gasteiger partial charge in [-0.1, -0.05) is 30.3 Å². The molecule has 0 saturated carbocycles. The van der Waals surface area contributed by atoms with Crippen LogP contribution in [0.15, 0.2) is 54.7 Å². The van der Waals surface area contributed by atoms with E-state index < -0.39 is 0 Å². The molecule has 1 saturated heterocycles. The Morgan fingerprint density at radius 1 is 1.23 bits per heavy atom. The maximum Gasteiger partial charge on any atom is 0.120 e. The van der Waals surface area contributed by atoms with Gasteiger partial charge in [-0.15, -0.1) is 0 Å². The first-order valence-corrected chi connectivity index (χ1v) is 8.96. The summed E-state index contributed by atoms with van der Waals surface area (Å²) in [6.45, 7) is 2.94. The highest BCUT2D eigenvalue weighted by atomic mass is 16.5. The van der Waals surface area contributed by atoms with Crippen LogP contribution >= 0.6 is 0 Å². The van der Waals surface area contributed by atoms with E-state index in [9.17, 15) is 5.26 Å². The Labute approximate surface area is 155 Å². The number of benzene rings is 2. The van der Waals surface area contributed by atoms with Crippen LogP contribution in [0.1, 0.15) is 23.1 Å². The molecule has 3 rings (SSSR count). The Bertz CT molecular complexity index is 793. The lowest BCUT2D eigenvalue weighted by molar-refractivity contribution is 0.198. The number of rotatable bonds is 6. The summed E-state index contributed by atoms with van der Waals surface area (Å²) in [5.74, 6) is 0.828. The van der Waals surface area contributed by atoms with Crippen molar-refractivity contribution in [3.05, 3.63) is 71.4 Å². The molecule has 0 bridgehead atoms. The summed E-state index contributed by atoms with van der Waals surface area (Å²) in [6.07, 6.45) is 5.10. The van der Waals surface area contributed by atoms with Gasteiger partial charge in [-0.05, 0) is 48.0 Å². The Balaban J connectivity index is 1.62. The zero-order chi connectivity index (χ0) is 18.4. The van der Waals surface area contributed by atoms with Gasteiger partial charge >= 0.3 is 0 Å². The summed E-state index contributed by atoms with van der Waals surface area (Å²) in [7, 11) is 3.92. The molecule has 4 nitrogen and oxygen atoms in total. The lowest BCUT2D eigenvalue weighted by Gasteiger charge is -2.17. The van der Waals surface area contributed by atoms with E-state index >= 15 is 0 Å². The van der Waals surface area contributed by atoms with Crippen LogP contribution in [-0.4, -0.2) is 43.1 Å². The monoisotopic (exact) mass is 347 g/mol. The number of hydrogen-bond donors (Lipinski definition) is 0. The van der Waals surface area contributed by atoms with Crippen molar-refractivity contribution in [2.75, 3.05) is 27.2 Å². The van der Waals surface area contributed by atoms with E-state index in [0.717, 1.165) is 37.4 Å². The molecule has 134 valence electrons. The van der Waals surface area contributed by atoms with Crippen LogP contribution in [0.25, 0.3) is 6.08 Å². The lowest BCUT2D eigenvalue weighted by Crippen LogP contribution is -2.24. The summed E-state index contributed by atoms with van der Waals surface area (Å²) in [4.78, 5) is 4.38. The van der Waals surface area contributed by atoms with Crippen molar-refractivity contribution in [2.45, 2.75) is 19.1 Å². The topological polar surface area (TPSA) is 39.5 Å². The van der Waals surface area contributed by atoms with E-state index in [-0.39, 0.29) is 6.10 Å². The summed E-state index contributed by atoms with van der Waals surface area (Å²) in [6, 6.07) is 18.5. The van der Waals surface area contributed by atoms with E-state index in [1.54, 1.807) is 0 Å². The van der Waals surface area contributed by atoms with Gasteiger partial charge in [0.15, 0.2) is 0 Å². The fourth-order valence-electron chi connectivity index (χ4n) is 3.15. The average Bonchev–Trinajstić information content (AvgIpc) is 3.07. The van der Waals surface area contributed by atoms with Crippen LogP contribution in [0.5, 0.6) is 5.75 Å². The Morgan fingerprint density at radius 3 is 2.77 bits per heavy atom. The van der Waals surface area contributed by atoms with Gasteiger partial charge in [0.05, 0.1) is 11.6 Å². The van der Waals surface area contributed by atoms with Crippen molar-refractivity contribution in [3.8, 4) is 11.8 Å². The molecule has 1 aliphatic rings. The molecule has 1 unspecified atom stereocenters. The van der Waals surface area contributed by atoms with Gasteiger partial charge in [0.1, 0.15) is 11.9 Å². The number of nitriles is 1. The SMILES string of the molecule is CN(C)C=Cc1cc(OC2CCN(Cc3ccccc3)C2)ccc1C#N. The molecule has 0 aromatic heterocycles. The van der Waals surface area contributed by atoms with Gasteiger partial charge in [-0.25, -0.2) is 0 Å². The zero-order valence-electron chi connectivity index (χ0n) is 15.4. The molecule has 4 heteroatoms. The second-order valence-corrected chi connectivity index (χ2v) is 6.89. The highest BCUT2D eigenvalue weighted by molar-refractivity contribution is 5.60. The largest absolute Gasteiger partial charge is 0.489 e. The molecule has 1 heterocycles. The van der Waals surface area contributed by atoms with Gasteiger partial charge in [-0.3, -0.25) is 4.90 Å². The van der Waals surface area contributed by atoms with Gasteiger partial charge in [-0.2, -0.15) is 5.26 Å². The Morgan fingerprint density at radius 2 is 2.04 bits per heavy atom. The quantitative estimate of drug-likeness (QED) is 0.798. The van der Waals surface area contributed by atoms with Crippen LogP contribution < -0.4 is 4.74 Å². The second kappa shape index (κ2) is 8.55. The number of likely N-dealkylation sites (tertiary alicyclic amines) is 1. The third kappa shape index (κ3) is 4.87. The van der Waals surface area contributed by atoms with E-state index in [2.05, 4.69) is 35.2 Å². The van der Waals surface area contributed by atoms with Crippen molar-refractivity contribution in [1.82, 2.24) is 9.80 Å². The summed E-state index contributed by atoms with van der Waals surface area (Å²) >= 11 is 0. The molecule has 0 N–H and O–H groups in total. The van der Waals surface area contributed by atoms with Gasteiger partial charge in [0.25, 0.3) is 0 Å². The normalized spacial score (nSPS) is 17.3. The predicted molar refractivity (Wildman–Crippen MR) is 105 cm³/mol. The summed E-state index contributed by atoms with van der Waals surface area (Å²) in [5, 5.41) is 9.29. The van der Waals surface area contributed by atoms with Crippen molar-refractivity contribution >= 4 is 6.08 Å². The van der Waals surface area contributed by atoms with Crippen molar-refractivity contribution in [1.29, 1.82) is 5.26 Å². The van der Waals surface area contributed by atoms with E-state index in [1.807, 2.05) is 55.5 Å². The zero-order valence-corrected chi connectivity index (χ0v) is 15.4. The van der Waals surface area contributed by atoms with Gasteiger partial charge in [0, 0.05) is 33.7 Å². The molecule has 0 spiro atoms. The summed E-state index contributed by atoms with van der Waals surface area (Å²) < 4.78 is 6.19. The minimum atomic E-state index is 0.192. The molecule has 26 heavy (non-hydrogen) atoms. The lowest BCUT2D eigenvalue weighted by atomic mass is 10.1. The van der Waals surface area contributed by atoms with Crippen molar-refractivity contribution in [3.63, 3.8) is 0 Å². The highest BCUT2D eigenvalue weighted by Crippen LogP contribution is 2.23. The Hall–Kier alpha value is -2.77. The molecule has 2 aromatic rings. The molecule has 0 amide bonds. The summed E-state index contributed by atoms with van der Waals surface area (Å²) in [5.41, 5.74) is 2.88. The first kappa shape index (κ1) is 18.0. The number of nitrogens with zero attached hydrogens (tertiary/aromatic N) is 3. The standard InChI is InChI=1S/C22H25N3O/c1-24(2)12-10-19-14-21(9-8-20(19)15-23)26-22-11-13-25(17-22)16-18-6-4-3-5-7-18/h3-10,12,14,22H,11,13,16-17H2,1-2H3. The third-order valence-electron chi connectivity index (χ3n) is 4.48. The number of hydrogen-bond acceptors (Lipinski definition) is 4. The second-order valence-electron chi connectivity index (χ2n) is 6.89. The molecule has 0 radical (unpaired) electrons. The molecular formula is C22H25N3O. The molecule has 1 fully saturated rings. The predicted octanol–water partition coefficient (Wildman–Crippen LogP) is 3.74. The maximum atomic E-state index is 9.29. The molecule has 0 aliphatic carbocycles. The van der Waals surface area contributed by atoms with E-state index in [0.29, 0.717) is 5.56 Å². The van der Waals surface area contributed by atoms with Crippen LogP contribution in [-0.2, 0) is 6.54 Å². The molecule has 1 atom stereocenters.